The van der Waals surface area contributed by atoms with Crippen molar-refractivity contribution in [3.63, 3.8) is 0 Å². The van der Waals surface area contributed by atoms with E-state index in [-0.39, 0.29) is 11.7 Å². The minimum atomic E-state index is -0.346. The Morgan fingerprint density at radius 2 is 1.76 bits per heavy atom. The van der Waals surface area contributed by atoms with Gasteiger partial charge in [-0.1, -0.05) is 17.7 Å². The Bertz CT molecular complexity index is 986. The zero-order chi connectivity index (χ0) is 20.4. The Hall–Kier alpha value is -2.92. The summed E-state index contributed by atoms with van der Waals surface area (Å²) in [5.41, 5.74) is 2.02. The first-order valence-corrected chi connectivity index (χ1v) is 9.90. The number of hydrogen-bond donors (Lipinski definition) is 0. The minimum Gasteiger partial charge on any atom is -0.357 e. The highest BCUT2D eigenvalue weighted by Gasteiger charge is 2.27. The average molecular weight is 410 g/mol. The number of amides is 1. The summed E-state index contributed by atoms with van der Waals surface area (Å²) in [6, 6.07) is 17.2. The van der Waals surface area contributed by atoms with Gasteiger partial charge in [-0.25, -0.2) is 9.37 Å². The third kappa shape index (κ3) is 4.57. The normalized spacial score (nSPS) is 13.2. The summed E-state index contributed by atoms with van der Waals surface area (Å²) in [5, 5.41) is 0.564. The molecule has 1 heterocycles. The van der Waals surface area contributed by atoms with E-state index in [9.17, 15) is 9.18 Å². The Labute approximate surface area is 174 Å². The predicted octanol–water partition coefficient (Wildman–Crippen LogP) is 5.32. The Kier molecular flexibility index (Phi) is 5.49. The highest BCUT2D eigenvalue weighted by atomic mass is 35.5. The van der Waals surface area contributed by atoms with Gasteiger partial charge in [0.1, 0.15) is 11.6 Å². The molecule has 2 aromatic carbocycles. The number of halogens is 2. The van der Waals surface area contributed by atoms with Gasteiger partial charge in [0.2, 0.25) is 0 Å². The average Bonchev–Trinajstić information content (AvgIpc) is 3.58. The van der Waals surface area contributed by atoms with Gasteiger partial charge in [0.15, 0.2) is 0 Å². The number of anilines is 2. The molecule has 148 valence electrons. The lowest BCUT2D eigenvalue weighted by molar-refractivity contribution is 0.0985. The molecule has 4 nitrogen and oxygen atoms in total. The van der Waals surface area contributed by atoms with Crippen LogP contribution in [0.1, 0.15) is 28.8 Å². The van der Waals surface area contributed by atoms with Crippen molar-refractivity contribution in [3.8, 4) is 0 Å². The van der Waals surface area contributed by atoms with Crippen LogP contribution in [0.4, 0.5) is 15.9 Å². The lowest BCUT2D eigenvalue weighted by atomic mass is 10.1. The zero-order valence-electron chi connectivity index (χ0n) is 16.1. The van der Waals surface area contributed by atoms with Gasteiger partial charge in [0, 0.05) is 35.6 Å². The summed E-state index contributed by atoms with van der Waals surface area (Å²) in [6.07, 6.45) is 4.20. The molecule has 1 fully saturated rings. The monoisotopic (exact) mass is 409 g/mol. The van der Waals surface area contributed by atoms with Crippen LogP contribution in [0.3, 0.4) is 0 Å². The van der Waals surface area contributed by atoms with Crippen LogP contribution in [0.2, 0.25) is 5.02 Å². The fourth-order valence-electron chi connectivity index (χ4n) is 3.20. The second-order valence-electron chi connectivity index (χ2n) is 7.24. The third-order valence-electron chi connectivity index (χ3n) is 5.08. The summed E-state index contributed by atoms with van der Waals surface area (Å²) < 4.78 is 13.4. The molecule has 0 unspecified atom stereocenters. The molecule has 6 heteroatoms. The second kappa shape index (κ2) is 8.21. The molecule has 4 rings (SSSR count). The van der Waals surface area contributed by atoms with E-state index in [2.05, 4.69) is 16.9 Å². The van der Waals surface area contributed by atoms with E-state index in [0.29, 0.717) is 28.9 Å². The second-order valence-corrected chi connectivity index (χ2v) is 7.68. The van der Waals surface area contributed by atoms with E-state index in [0.717, 1.165) is 11.4 Å². The van der Waals surface area contributed by atoms with E-state index >= 15 is 0 Å². The fraction of sp³-hybridized carbons (Fsp3) is 0.217. The van der Waals surface area contributed by atoms with Crippen molar-refractivity contribution in [1.82, 2.24) is 4.98 Å². The number of benzene rings is 2. The van der Waals surface area contributed by atoms with E-state index in [1.54, 1.807) is 47.5 Å². The van der Waals surface area contributed by atoms with E-state index in [1.165, 1.54) is 25.0 Å². The molecule has 0 radical (unpaired) electrons. The van der Waals surface area contributed by atoms with Crippen LogP contribution in [0.5, 0.6) is 0 Å². The van der Waals surface area contributed by atoms with Crippen molar-refractivity contribution in [2.75, 3.05) is 16.8 Å². The van der Waals surface area contributed by atoms with Crippen molar-refractivity contribution in [1.29, 1.82) is 0 Å². The molecule has 0 spiro atoms. The van der Waals surface area contributed by atoms with Crippen molar-refractivity contribution in [2.45, 2.75) is 25.4 Å². The molecule has 29 heavy (non-hydrogen) atoms. The largest absolute Gasteiger partial charge is 0.357 e. The number of rotatable bonds is 6. The molecular formula is C23H21ClFN3O. The number of pyridine rings is 1. The van der Waals surface area contributed by atoms with E-state index in [1.807, 2.05) is 12.1 Å². The molecule has 0 N–H and O–H groups in total. The van der Waals surface area contributed by atoms with Gasteiger partial charge >= 0.3 is 0 Å². The molecule has 0 bridgehead atoms. The maximum Gasteiger partial charge on any atom is 0.258 e. The van der Waals surface area contributed by atoms with Crippen molar-refractivity contribution in [2.24, 2.45) is 0 Å². The highest BCUT2D eigenvalue weighted by molar-refractivity contribution is 6.30. The van der Waals surface area contributed by atoms with Gasteiger partial charge in [0.05, 0.1) is 6.54 Å². The Morgan fingerprint density at radius 1 is 1.07 bits per heavy atom. The number of carbonyl (C=O) groups excluding carboxylic acids is 1. The van der Waals surface area contributed by atoms with Crippen LogP contribution in [-0.2, 0) is 6.54 Å². The quantitative estimate of drug-likeness (QED) is 0.552. The minimum absolute atomic E-state index is 0.188. The van der Waals surface area contributed by atoms with Crippen LogP contribution >= 0.6 is 11.6 Å². The van der Waals surface area contributed by atoms with Gasteiger partial charge in [-0.2, -0.15) is 0 Å². The third-order valence-corrected chi connectivity index (χ3v) is 5.33. The summed E-state index contributed by atoms with van der Waals surface area (Å²) in [5.74, 6) is 0.392. The first kappa shape index (κ1) is 19.4. The lowest BCUT2D eigenvalue weighted by Crippen LogP contribution is -2.30. The smallest absolute Gasteiger partial charge is 0.258 e. The Balaban J connectivity index is 1.60. The van der Waals surface area contributed by atoms with Gasteiger partial charge in [-0.15, -0.1) is 0 Å². The molecule has 1 aromatic heterocycles. The van der Waals surface area contributed by atoms with Gasteiger partial charge in [-0.3, -0.25) is 4.79 Å². The summed E-state index contributed by atoms with van der Waals surface area (Å²) >= 11 is 5.95. The molecule has 3 aromatic rings. The topological polar surface area (TPSA) is 36.4 Å². The predicted molar refractivity (Wildman–Crippen MR) is 114 cm³/mol. The molecule has 0 saturated heterocycles. The molecule has 1 aliphatic carbocycles. The van der Waals surface area contributed by atoms with Crippen LogP contribution in [0.25, 0.3) is 0 Å². The van der Waals surface area contributed by atoms with Crippen molar-refractivity contribution >= 4 is 29.0 Å². The van der Waals surface area contributed by atoms with Crippen molar-refractivity contribution in [3.05, 3.63) is 88.8 Å². The Morgan fingerprint density at radius 3 is 2.34 bits per heavy atom. The fourth-order valence-corrected chi connectivity index (χ4v) is 3.33. The molecule has 1 saturated carbocycles. The number of aromatic nitrogens is 1. The molecule has 0 aliphatic heterocycles. The molecular weight excluding hydrogens is 389 g/mol. The number of hydrogen-bond acceptors (Lipinski definition) is 3. The number of nitrogens with zero attached hydrogens (tertiary/aromatic N) is 3. The van der Waals surface area contributed by atoms with Crippen LogP contribution < -0.4 is 9.80 Å². The first-order chi connectivity index (χ1) is 14.0. The summed E-state index contributed by atoms with van der Waals surface area (Å²) in [7, 11) is 2.05. The summed E-state index contributed by atoms with van der Waals surface area (Å²) in [4.78, 5) is 21.5. The summed E-state index contributed by atoms with van der Waals surface area (Å²) in [6.45, 7) is 0.327. The molecule has 1 amide bonds. The van der Waals surface area contributed by atoms with E-state index in [4.69, 9.17) is 11.6 Å². The van der Waals surface area contributed by atoms with Crippen LogP contribution in [-0.4, -0.2) is 24.0 Å². The van der Waals surface area contributed by atoms with Crippen LogP contribution in [0, 0.1) is 5.82 Å². The maximum absolute atomic E-state index is 13.4. The highest BCUT2D eigenvalue weighted by Crippen LogP contribution is 2.29. The van der Waals surface area contributed by atoms with Gasteiger partial charge in [-0.05, 0) is 73.0 Å². The van der Waals surface area contributed by atoms with Crippen molar-refractivity contribution < 1.29 is 9.18 Å². The van der Waals surface area contributed by atoms with E-state index < -0.39 is 0 Å². The molecule has 0 atom stereocenters. The maximum atomic E-state index is 13.4. The van der Waals surface area contributed by atoms with Crippen LogP contribution in [0.15, 0.2) is 66.9 Å². The molecule has 1 aliphatic rings. The standard InChI is InChI=1S/C23H21ClFN3O/c1-27(20-11-12-20)22-13-2-16(14-26-22)15-28(21-9-7-19(25)8-10-21)23(29)17-3-5-18(24)6-4-17/h2-10,13-14,20H,11-12,15H2,1H3. The van der Waals surface area contributed by atoms with Gasteiger partial charge in [0.25, 0.3) is 5.91 Å². The zero-order valence-corrected chi connectivity index (χ0v) is 16.8. The number of carbonyl (C=O) groups is 1. The SMILES string of the molecule is CN(c1ccc(CN(C(=O)c2ccc(Cl)cc2)c2ccc(F)cc2)cn1)C1CC1. The van der Waals surface area contributed by atoms with Gasteiger partial charge < -0.3 is 9.80 Å². The first-order valence-electron chi connectivity index (χ1n) is 9.52. The lowest BCUT2D eigenvalue weighted by Gasteiger charge is -2.24.